The number of nitrogens with one attached hydrogen (secondary N) is 1. The SMILES string of the molecule is COc1ccc(Cl)cc1Nc1cc(C)nc(N2CCCC2)n1. The van der Waals surface area contributed by atoms with Crippen molar-refractivity contribution in [2.24, 2.45) is 0 Å². The van der Waals surface area contributed by atoms with Crippen LogP contribution in [0.1, 0.15) is 18.5 Å². The largest absolute Gasteiger partial charge is 0.495 e. The third kappa shape index (κ3) is 3.25. The van der Waals surface area contributed by atoms with E-state index in [-0.39, 0.29) is 0 Å². The molecule has 0 atom stereocenters. The van der Waals surface area contributed by atoms with Gasteiger partial charge >= 0.3 is 0 Å². The van der Waals surface area contributed by atoms with Gasteiger partial charge < -0.3 is 15.0 Å². The number of benzene rings is 1. The van der Waals surface area contributed by atoms with Crippen LogP contribution in [0.15, 0.2) is 24.3 Å². The molecule has 0 saturated carbocycles. The molecule has 1 aromatic heterocycles. The Labute approximate surface area is 135 Å². The topological polar surface area (TPSA) is 50.3 Å². The number of ether oxygens (including phenoxy) is 1. The number of anilines is 3. The Hall–Kier alpha value is -2.01. The Morgan fingerprint density at radius 2 is 1.95 bits per heavy atom. The summed E-state index contributed by atoms with van der Waals surface area (Å²) in [6.07, 6.45) is 2.39. The highest BCUT2D eigenvalue weighted by molar-refractivity contribution is 6.31. The van der Waals surface area contributed by atoms with Gasteiger partial charge in [0.1, 0.15) is 11.6 Å². The molecule has 1 aliphatic rings. The minimum Gasteiger partial charge on any atom is -0.495 e. The number of methoxy groups -OCH3 is 1. The number of aromatic nitrogens is 2. The second-order valence-corrected chi connectivity index (χ2v) is 5.79. The molecule has 1 fully saturated rings. The van der Waals surface area contributed by atoms with Crippen LogP contribution in [0.4, 0.5) is 17.5 Å². The lowest BCUT2D eigenvalue weighted by Gasteiger charge is -2.17. The van der Waals surface area contributed by atoms with Crippen molar-refractivity contribution in [1.82, 2.24) is 9.97 Å². The van der Waals surface area contributed by atoms with E-state index < -0.39 is 0 Å². The number of nitrogens with zero attached hydrogens (tertiary/aromatic N) is 3. The molecule has 116 valence electrons. The summed E-state index contributed by atoms with van der Waals surface area (Å²) in [6.45, 7) is 4.01. The summed E-state index contributed by atoms with van der Waals surface area (Å²) in [5, 5.41) is 3.93. The van der Waals surface area contributed by atoms with Crippen molar-refractivity contribution in [3.8, 4) is 5.75 Å². The molecule has 6 heteroatoms. The van der Waals surface area contributed by atoms with E-state index >= 15 is 0 Å². The molecule has 22 heavy (non-hydrogen) atoms. The van der Waals surface area contributed by atoms with Crippen molar-refractivity contribution in [2.75, 3.05) is 30.4 Å². The summed E-state index contributed by atoms with van der Waals surface area (Å²) in [5.41, 5.74) is 1.72. The van der Waals surface area contributed by atoms with E-state index in [4.69, 9.17) is 16.3 Å². The van der Waals surface area contributed by atoms with Crippen molar-refractivity contribution >= 4 is 29.1 Å². The molecule has 0 amide bonds. The van der Waals surface area contributed by atoms with Gasteiger partial charge in [0.2, 0.25) is 5.95 Å². The van der Waals surface area contributed by atoms with E-state index in [1.165, 1.54) is 12.8 Å². The fourth-order valence-corrected chi connectivity index (χ4v) is 2.76. The lowest BCUT2D eigenvalue weighted by atomic mass is 10.3. The molecule has 1 aliphatic heterocycles. The van der Waals surface area contributed by atoms with Crippen LogP contribution >= 0.6 is 11.6 Å². The summed E-state index contributed by atoms with van der Waals surface area (Å²) in [4.78, 5) is 11.4. The zero-order valence-electron chi connectivity index (χ0n) is 12.8. The Morgan fingerprint density at radius 1 is 1.18 bits per heavy atom. The van der Waals surface area contributed by atoms with Crippen molar-refractivity contribution in [3.05, 3.63) is 35.0 Å². The molecule has 1 N–H and O–H groups in total. The zero-order valence-corrected chi connectivity index (χ0v) is 13.5. The van der Waals surface area contributed by atoms with Crippen molar-refractivity contribution in [3.63, 3.8) is 0 Å². The van der Waals surface area contributed by atoms with Crippen LogP contribution in [0.3, 0.4) is 0 Å². The van der Waals surface area contributed by atoms with E-state index in [2.05, 4.69) is 20.2 Å². The zero-order chi connectivity index (χ0) is 15.5. The average molecular weight is 319 g/mol. The second kappa shape index (κ2) is 6.40. The maximum Gasteiger partial charge on any atom is 0.227 e. The van der Waals surface area contributed by atoms with E-state index in [0.29, 0.717) is 5.02 Å². The van der Waals surface area contributed by atoms with Crippen molar-refractivity contribution in [1.29, 1.82) is 0 Å². The summed E-state index contributed by atoms with van der Waals surface area (Å²) in [6, 6.07) is 7.37. The van der Waals surface area contributed by atoms with Gasteiger partial charge in [0.25, 0.3) is 0 Å². The number of halogens is 1. The van der Waals surface area contributed by atoms with Crippen molar-refractivity contribution < 1.29 is 4.74 Å². The van der Waals surface area contributed by atoms with Gasteiger partial charge in [-0.2, -0.15) is 4.98 Å². The first kappa shape index (κ1) is 14.9. The van der Waals surface area contributed by atoms with Crippen LogP contribution in [-0.4, -0.2) is 30.2 Å². The molecular weight excluding hydrogens is 300 g/mol. The predicted molar refractivity (Wildman–Crippen MR) is 89.5 cm³/mol. The van der Waals surface area contributed by atoms with Crippen LogP contribution in [0.2, 0.25) is 5.02 Å². The normalized spacial score (nSPS) is 14.2. The van der Waals surface area contributed by atoms with E-state index in [1.807, 2.05) is 25.1 Å². The molecule has 5 nitrogen and oxygen atoms in total. The molecule has 0 radical (unpaired) electrons. The first-order valence-corrected chi connectivity index (χ1v) is 7.75. The van der Waals surface area contributed by atoms with Crippen LogP contribution < -0.4 is 15.0 Å². The van der Waals surface area contributed by atoms with E-state index in [1.54, 1.807) is 13.2 Å². The molecule has 0 bridgehead atoms. The van der Waals surface area contributed by atoms with E-state index in [9.17, 15) is 0 Å². The second-order valence-electron chi connectivity index (χ2n) is 5.36. The maximum absolute atomic E-state index is 6.07. The minimum atomic E-state index is 0.647. The van der Waals surface area contributed by atoms with Gasteiger partial charge in [-0.1, -0.05) is 11.6 Å². The lowest BCUT2D eigenvalue weighted by Crippen LogP contribution is -2.21. The Morgan fingerprint density at radius 3 is 2.68 bits per heavy atom. The summed E-state index contributed by atoms with van der Waals surface area (Å²) >= 11 is 6.07. The maximum atomic E-state index is 6.07. The highest BCUT2D eigenvalue weighted by atomic mass is 35.5. The predicted octanol–water partition coefficient (Wildman–Crippen LogP) is 3.79. The smallest absolute Gasteiger partial charge is 0.227 e. The van der Waals surface area contributed by atoms with Gasteiger partial charge in [-0.05, 0) is 38.0 Å². The van der Waals surface area contributed by atoms with Gasteiger partial charge in [0.15, 0.2) is 0 Å². The van der Waals surface area contributed by atoms with Crippen LogP contribution in [-0.2, 0) is 0 Å². The number of rotatable bonds is 4. The summed E-state index contributed by atoms with van der Waals surface area (Å²) in [5.74, 6) is 2.25. The molecule has 1 aromatic carbocycles. The fourth-order valence-electron chi connectivity index (χ4n) is 2.59. The quantitative estimate of drug-likeness (QED) is 0.929. The third-order valence-corrected chi connectivity index (χ3v) is 3.89. The molecule has 0 spiro atoms. The Kier molecular flexibility index (Phi) is 4.34. The van der Waals surface area contributed by atoms with Crippen LogP contribution in [0, 0.1) is 6.92 Å². The summed E-state index contributed by atoms with van der Waals surface area (Å²) in [7, 11) is 1.63. The van der Waals surface area contributed by atoms with Crippen LogP contribution in [0.5, 0.6) is 5.75 Å². The monoisotopic (exact) mass is 318 g/mol. The number of hydrogen-bond acceptors (Lipinski definition) is 5. The van der Waals surface area contributed by atoms with Gasteiger partial charge in [0.05, 0.1) is 12.8 Å². The van der Waals surface area contributed by atoms with Gasteiger partial charge in [-0.25, -0.2) is 4.98 Å². The van der Waals surface area contributed by atoms with Gasteiger partial charge in [0, 0.05) is 29.9 Å². The van der Waals surface area contributed by atoms with Crippen LogP contribution in [0.25, 0.3) is 0 Å². The standard InChI is InChI=1S/C16H19ClN4O/c1-11-9-15(20-16(18-11)21-7-3-4-8-21)19-13-10-12(17)5-6-14(13)22-2/h5-6,9-10H,3-4,7-8H2,1-2H3,(H,18,19,20). The summed E-state index contributed by atoms with van der Waals surface area (Å²) < 4.78 is 5.36. The van der Waals surface area contributed by atoms with Crippen molar-refractivity contribution in [2.45, 2.75) is 19.8 Å². The van der Waals surface area contributed by atoms with Gasteiger partial charge in [-0.3, -0.25) is 0 Å². The first-order chi connectivity index (χ1) is 10.7. The molecule has 1 saturated heterocycles. The minimum absolute atomic E-state index is 0.647. The fraction of sp³-hybridized carbons (Fsp3) is 0.375. The Balaban J connectivity index is 1.90. The average Bonchev–Trinajstić information content (AvgIpc) is 3.01. The molecule has 2 heterocycles. The molecule has 2 aromatic rings. The lowest BCUT2D eigenvalue weighted by molar-refractivity contribution is 0.417. The Bertz CT molecular complexity index is 671. The molecular formula is C16H19ClN4O. The number of hydrogen-bond donors (Lipinski definition) is 1. The van der Waals surface area contributed by atoms with E-state index in [0.717, 1.165) is 42.0 Å². The van der Waals surface area contributed by atoms with Gasteiger partial charge in [-0.15, -0.1) is 0 Å². The third-order valence-electron chi connectivity index (χ3n) is 3.66. The highest BCUT2D eigenvalue weighted by Crippen LogP contribution is 2.30. The molecule has 3 rings (SSSR count). The highest BCUT2D eigenvalue weighted by Gasteiger charge is 2.16. The number of aryl methyl sites for hydroxylation is 1. The first-order valence-electron chi connectivity index (χ1n) is 7.37. The molecule has 0 unspecified atom stereocenters. The molecule has 0 aliphatic carbocycles.